The Labute approximate surface area is 184 Å². The minimum atomic E-state index is -4.50. The van der Waals surface area contributed by atoms with E-state index in [1.165, 1.54) is 0 Å². The Bertz CT molecular complexity index is 1100. The van der Waals surface area contributed by atoms with E-state index in [9.17, 15) is 13.2 Å². The highest BCUT2D eigenvalue weighted by Gasteiger charge is 2.38. The predicted molar refractivity (Wildman–Crippen MR) is 113 cm³/mol. The number of pyridine rings is 1. The lowest BCUT2D eigenvalue weighted by molar-refractivity contribution is -0.136. The van der Waals surface area contributed by atoms with Gasteiger partial charge in [-0.2, -0.15) is 13.2 Å². The van der Waals surface area contributed by atoms with Gasteiger partial charge in [-0.05, 0) is 49.6 Å². The van der Waals surface area contributed by atoms with Gasteiger partial charge in [0.15, 0.2) is 11.5 Å². The van der Waals surface area contributed by atoms with Crippen LogP contribution in [0.5, 0.6) is 11.5 Å². The van der Waals surface area contributed by atoms with Crippen molar-refractivity contribution in [3.63, 3.8) is 0 Å². The minimum Gasteiger partial charge on any atom is -0.493 e. The summed E-state index contributed by atoms with van der Waals surface area (Å²) in [6.45, 7) is 3.85. The van der Waals surface area contributed by atoms with Gasteiger partial charge in [-0.1, -0.05) is 18.1 Å². The van der Waals surface area contributed by atoms with E-state index in [1.807, 2.05) is 18.2 Å². The summed E-state index contributed by atoms with van der Waals surface area (Å²) in [5, 5.41) is 4.05. The Morgan fingerprint density at radius 2 is 1.94 bits per heavy atom. The lowest BCUT2D eigenvalue weighted by Gasteiger charge is -2.32. The van der Waals surface area contributed by atoms with Crippen molar-refractivity contribution < 1.29 is 27.2 Å². The predicted octanol–water partition coefficient (Wildman–Crippen LogP) is 5.20. The van der Waals surface area contributed by atoms with Crippen LogP contribution in [0.4, 0.5) is 13.2 Å². The first-order chi connectivity index (χ1) is 15.3. The SMILES string of the molecule is CCc1cc(C(F)(F)F)c2c([C@@H]3CCCN(Cc4ccc(OC)c(OC)c4)C3)noc2n1. The van der Waals surface area contributed by atoms with Crippen molar-refractivity contribution in [2.24, 2.45) is 0 Å². The maximum atomic E-state index is 13.8. The number of halogens is 3. The molecule has 0 spiro atoms. The molecule has 6 nitrogen and oxygen atoms in total. The molecule has 1 aromatic carbocycles. The number of ether oxygens (including phenoxy) is 2. The molecule has 32 heavy (non-hydrogen) atoms. The zero-order chi connectivity index (χ0) is 22.9. The summed E-state index contributed by atoms with van der Waals surface area (Å²) in [6, 6.07) is 6.86. The molecule has 0 radical (unpaired) electrons. The van der Waals surface area contributed by atoms with Crippen molar-refractivity contribution in [2.45, 2.75) is 44.8 Å². The molecule has 3 heterocycles. The number of piperidine rings is 1. The van der Waals surface area contributed by atoms with E-state index in [2.05, 4.69) is 15.0 Å². The quantitative estimate of drug-likeness (QED) is 0.516. The zero-order valence-electron chi connectivity index (χ0n) is 18.3. The number of hydrogen-bond acceptors (Lipinski definition) is 6. The first-order valence-electron chi connectivity index (χ1n) is 10.6. The van der Waals surface area contributed by atoms with E-state index in [0.29, 0.717) is 42.4 Å². The van der Waals surface area contributed by atoms with Gasteiger partial charge in [0.2, 0.25) is 0 Å². The van der Waals surface area contributed by atoms with Gasteiger partial charge in [0.1, 0.15) is 0 Å². The van der Waals surface area contributed by atoms with Gasteiger partial charge < -0.3 is 14.0 Å². The van der Waals surface area contributed by atoms with Crippen LogP contribution in [0.15, 0.2) is 28.8 Å². The molecule has 0 N–H and O–H groups in total. The number of rotatable bonds is 6. The molecule has 0 amide bonds. The summed E-state index contributed by atoms with van der Waals surface area (Å²) in [5.41, 5.74) is 0.973. The maximum absolute atomic E-state index is 13.8. The molecule has 0 bridgehead atoms. The summed E-state index contributed by atoms with van der Waals surface area (Å²) in [4.78, 5) is 6.46. The zero-order valence-corrected chi connectivity index (χ0v) is 18.3. The molecule has 4 rings (SSSR count). The maximum Gasteiger partial charge on any atom is 0.417 e. The van der Waals surface area contributed by atoms with Crippen molar-refractivity contribution in [3.8, 4) is 11.5 Å². The molecule has 1 fully saturated rings. The first kappa shape index (κ1) is 22.4. The van der Waals surface area contributed by atoms with Gasteiger partial charge in [0, 0.05) is 24.7 Å². The van der Waals surface area contributed by atoms with Crippen LogP contribution >= 0.6 is 0 Å². The summed E-state index contributed by atoms with van der Waals surface area (Å²) in [7, 11) is 3.17. The lowest BCUT2D eigenvalue weighted by Crippen LogP contribution is -2.34. The normalized spacial score (nSPS) is 17.6. The van der Waals surface area contributed by atoms with Crippen molar-refractivity contribution in [2.75, 3.05) is 27.3 Å². The topological polar surface area (TPSA) is 60.6 Å². The number of fused-ring (bicyclic) bond motifs is 1. The molecule has 9 heteroatoms. The van der Waals surface area contributed by atoms with Crippen LogP contribution in [0, 0.1) is 0 Å². The van der Waals surface area contributed by atoms with Gasteiger partial charge in [0.25, 0.3) is 5.71 Å². The number of hydrogen-bond donors (Lipinski definition) is 0. The van der Waals surface area contributed by atoms with Crippen LogP contribution in [-0.4, -0.2) is 42.3 Å². The van der Waals surface area contributed by atoms with E-state index in [1.54, 1.807) is 21.1 Å². The molecule has 0 saturated carbocycles. The van der Waals surface area contributed by atoms with Crippen LogP contribution in [0.3, 0.4) is 0 Å². The Hall–Kier alpha value is -2.81. The fourth-order valence-corrected chi connectivity index (χ4v) is 4.37. The molecule has 2 aromatic heterocycles. The molecule has 3 aromatic rings. The van der Waals surface area contributed by atoms with Gasteiger partial charge >= 0.3 is 6.18 Å². The number of likely N-dealkylation sites (tertiary alicyclic amines) is 1. The van der Waals surface area contributed by atoms with Crippen molar-refractivity contribution in [1.29, 1.82) is 0 Å². The highest BCUT2D eigenvalue weighted by atomic mass is 19.4. The summed E-state index contributed by atoms with van der Waals surface area (Å²) in [5.74, 6) is 1.13. The third-order valence-electron chi connectivity index (χ3n) is 5.94. The Balaban J connectivity index is 1.61. The van der Waals surface area contributed by atoms with Crippen LogP contribution < -0.4 is 9.47 Å². The Morgan fingerprint density at radius 3 is 2.62 bits per heavy atom. The molecule has 0 unspecified atom stereocenters. The fraction of sp³-hybridized carbons (Fsp3) is 0.478. The Kier molecular flexibility index (Phi) is 6.28. The monoisotopic (exact) mass is 449 g/mol. The van der Waals surface area contributed by atoms with Crippen LogP contribution in [0.2, 0.25) is 0 Å². The molecule has 172 valence electrons. The molecular formula is C23H26F3N3O3. The van der Waals surface area contributed by atoms with Crippen LogP contribution in [0.25, 0.3) is 11.1 Å². The molecule has 1 aliphatic rings. The lowest BCUT2D eigenvalue weighted by atomic mass is 9.91. The van der Waals surface area contributed by atoms with Gasteiger partial charge in [-0.25, -0.2) is 4.98 Å². The van der Waals surface area contributed by atoms with E-state index >= 15 is 0 Å². The second-order valence-corrected chi connectivity index (χ2v) is 8.02. The average Bonchev–Trinajstić information content (AvgIpc) is 3.21. The Morgan fingerprint density at radius 1 is 1.16 bits per heavy atom. The summed E-state index contributed by atoms with van der Waals surface area (Å²) in [6.07, 6.45) is -2.51. The van der Waals surface area contributed by atoms with Crippen LogP contribution in [-0.2, 0) is 19.1 Å². The van der Waals surface area contributed by atoms with Crippen molar-refractivity contribution in [1.82, 2.24) is 15.0 Å². The fourth-order valence-electron chi connectivity index (χ4n) is 4.37. The van der Waals surface area contributed by atoms with Crippen LogP contribution in [0.1, 0.15) is 48.2 Å². The number of benzene rings is 1. The summed E-state index contributed by atoms with van der Waals surface area (Å²) < 4.78 is 57.4. The number of nitrogens with zero attached hydrogens (tertiary/aromatic N) is 3. The van der Waals surface area contributed by atoms with E-state index in [0.717, 1.165) is 31.0 Å². The third-order valence-corrected chi connectivity index (χ3v) is 5.94. The summed E-state index contributed by atoms with van der Waals surface area (Å²) >= 11 is 0. The molecule has 1 aliphatic heterocycles. The van der Waals surface area contributed by atoms with E-state index < -0.39 is 11.7 Å². The standard InChI is InChI=1S/C23H26F3N3O3/c1-4-16-11-17(23(24,25)26)20-21(28-32-22(20)27-16)15-6-5-9-29(13-15)12-14-7-8-18(30-2)19(10-14)31-3/h7-8,10-11,15H,4-6,9,12-13H2,1-3H3/t15-/m1/s1. The number of aryl methyl sites for hydroxylation is 1. The highest BCUT2D eigenvalue weighted by Crippen LogP contribution is 2.40. The van der Waals surface area contributed by atoms with Gasteiger partial charge in [-0.3, -0.25) is 4.90 Å². The largest absolute Gasteiger partial charge is 0.493 e. The van der Waals surface area contributed by atoms with E-state index in [-0.39, 0.29) is 17.0 Å². The first-order valence-corrected chi connectivity index (χ1v) is 10.6. The van der Waals surface area contributed by atoms with Gasteiger partial charge in [0.05, 0.1) is 30.9 Å². The van der Waals surface area contributed by atoms with Crippen molar-refractivity contribution >= 4 is 11.1 Å². The number of aromatic nitrogens is 2. The molecule has 1 atom stereocenters. The number of methoxy groups -OCH3 is 2. The average molecular weight is 449 g/mol. The molecule has 0 aliphatic carbocycles. The second kappa shape index (κ2) is 8.97. The van der Waals surface area contributed by atoms with Gasteiger partial charge in [-0.15, -0.1) is 0 Å². The second-order valence-electron chi connectivity index (χ2n) is 8.02. The number of alkyl halides is 3. The minimum absolute atomic E-state index is 0.00679. The smallest absolute Gasteiger partial charge is 0.417 e. The highest BCUT2D eigenvalue weighted by molar-refractivity contribution is 5.81. The third kappa shape index (κ3) is 4.39. The molecular weight excluding hydrogens is 423 g/mol. The molecule has 1 saturated heterocycles. The van der Waals surface area contributed by atoms with Crippen molar-refractivity contribution in [3.05, 3.63) is 46.8 Å². The van der Waals surface area contributed by atoms with E-state index in [4.69, 9.17) is 14.0 Å².